The largest absolute Gasteiger partial charge is 0.294 e. The lowest BCUT2D eigenvalue weighted by Gasteiger charge is -2.17. The Balaban J connectivity index is 2.17. The highest BCUT2D eigenvalue weighted by molar-refractivity contribution is 7.99. The Labute approximate surface area is 161 Å². The third kappa shape index (κ3) is 5.39. The molecular weight excluding hydrogens is 398 g/mol. The summed E-state index contributed by atoms with van der Waals surface area (Å²) in [5, 5.41) is 1.02. The molecule has 0 fully saturated rings. The molecular formula is C15H18ClN5O3S2. The van der Waals surface area contributed by atoms with Crippen LogP contribution in [0.25, 0.3) is 0 Å². The van der Waals surface area contributed by atoms with E-state index in [4.69, 9.17) is 17.4 Å². The molecule has 2 rings (SSSR count). The van der Waals surface area contributed by atoms with Crippen LogP contribution >= 0.6 is 23.4 Å². The van der Waals surface area contributed by atoms with Crippen molar-refractivity contribution in [3.8, 4) is 0 Å². The molecule has 11 heteroatoms. The van der Waals surface area contributed by atoms with Crippen LogP contribution < -0.4 is 11.3 Å². The number of halogens is 1. The van der Waals surface area contributed by atoms with Gasteiger partial charge in [0.05, 0.1) is 17.2 Å². The molecule has 0 aliphatic carbocycles. The van der Waals surface area contributed by atoms with Crippen LogP contribution in [0.4, 0.5) is 0 Å². The van der Waals surface area contributed by atoms with Crippen molar-refractivity contribution in [2.24, 2.45) is 5.84 Å². The predicted molar refractivity (Wildman–Crippen MR) is 99.9 cm³/mol. The van der Waals surface area contributed by atoms with Crippen LogP contribution in [0.15, 0.2) is 40.3 Å². The van der Waals surface area contributed by atoms with Gasteiger partial charge in [-0.15, -0.1) is 0 Å². The van der Waals surface area contributed by atoms with E-state index in [1.54, 1.807) is 13.0 Å². The second-order valence-corrected chi connectivity index (χ2v) is 8.81. The van der Waals surface area contributed by atoms with Gasteiger partial charge in [0.2, 0.25) is 15.9 Å². The maximum absolute atomic E-state index is 12.6. The van der Waals surface area contributed by atoms with E-state index in [2.05, 4.69) is 9.97 Å². The van der Waals surface area contributed by atoms with E-state index in [1.165, 1.54) is 43.1 Å². The normalized spacial score (nSPS) is 11.6. The number of nitrogens with two attached hydrogens (primary N) is 1. The number of hydrogen-bond donors (Lipinski definition) is 2. The van der Waals surface area contributed by atoms with Gasteiger partial charge >= 0.3 is 0 Å². The molecule has 1 aromatic carbocycles. The van der Waals surface area contributed by atoms with Gasteiger partial charge in [-0.05, 0) is 37.3 Å². The van der Waals surface area contributed by atoms with Crippen molar-refractivity contribution >= 4 is 39.3 Å². The molecule has 0 unspecified atom stereocenters. The number of sulfonamides is 1. The van der Waals surface area contributed by atoms with E-state index in [1.807, 2.05) is 5.43 Å². The predicted octanol–water partition coefficient (Wildman–Crippen LogP) is 1.34. The van der Waals surface area contributed by atoms with Crippen LogP contribution in [-0.2, 0) is 21.4 Å². The first kappa shape index (κ1) is 20.6. The maximum Gasteiger partial charge on any atom is 0.244 e. The third-order valence-electron chi connectivity index (χ3n) is 3.28. The van der Waals surface area contributed by atoms with E-state index in [9.17, 15) is 13.2 Å². The molecule has 0 radical (unpaired) electrons. The van der Waals surface area contributed by atoms with Crippen LogP contribution in [0.2, 0.25) is 5.02 Å². The molecule has 0 aliphatic heterocycles. The fourth-order valence-electron chi connectivity index (χ4n) is 2.00. The van der Waals surface area contributed by atoms with Crippen molar-refractivity contribution in [2.45, 2.75) is 23.4 Å². The van der Waals surface area contributed by atoms with Gasteiger partial charge in [-0.2, -0.15) is 4.31 Å². The summed E-state index contributed by atoms with van der Waals surface area (Å²) in [6.07, 6.45) is 0. The van der Waals surface area contributed by atoms with Crippen LogP contribution in [0.1, 0.15) is 11.5 Å². The fourth-order valence-corrected chi connectivity index (χ4v) is 4.03. The zero-order valence-electron chi connectivity index (χ0n) is 14.1. The molecule has 1 aromatic heterocycles. The summed E-state index contributed by atoms with van der Waals surface area (Å²) in [7, 11) is -2.25. The number of aromatic nitrogens is 2. The van der Waals surface area contributed by atoms with E-state index in [0.717, 1.165) is 4.31 Å². The first-order chi connectivity index (χ1) is 12.2. The lowest BCUT2D eigenvalue weighted by molar-refractivity contribution is -0.118. The second-order valence-electron chi connectivity index (χ2n) is 5.33. The Kier molecular flexibility index (Phi) is 6.95. The van der Waals surface area contributed by atoms with E-state index in [0.29, 0.717) is 21.6 Å². The van der Waals surface area contributed by atoms with Crippen molar-refractivity contribution in [2.75, 3.05) is 12.8 Å². The standard InChI is InChI=1S/C15H18ClN5O3S2/c1-10-7-15(25-9-14(22)20-17)19-13(18-10)8-21(2)26(23,24)12-5-3-11(16)4-6-12/h3-7H,8-9,17H2,1-2H3,(H,20,22). The summed E-state index contributed by atoms with van der Waals surface area (Å²) in [4.78, 5) is 19.9. The second kappa shape index (κ2) is 8.78. The number of rotatable bonds is 7. The Morgan fingerprint density at radius 1 is 1.31 bits per heavy atom. The molecule has 1 amide bonds. The Bertz CT molecular complexity index is 891. The van der Waals surface area contributed by atoms with Gasteiger partial charge in [0, 0.05) is 17.8 Å². The number of amides is 1. The maximum atomic E-state index is 12.6. The highest BCUT2D eigenvalue weighted by Crippen LogP contribution is 2.20. The highest BCUT2D eigenvalue weighted by Gasteiger charge is 2.22. The average molecular weight is 416 g/mol. The van der Waals surface area contributed by atoms with Crippen molar-refractivity contribution in [3.63, 3.8) is 0 Å². The van der Waals surface area contributed by atoms with Crippen molar-refractivity contribution in [1.29, 1.82) is 0 Å². The lowest BCUT2D eigenvalue weighted by atomic mass is 10.4. The van der Waals surface area contributed by atoms with Crippen LogP contribution in [-0.4, -0.2) is 41.4 Å². The highest BCUT2D eigenvalue weighted by atomic mass is 35.5. The summed E-state index contributed by atoms with van der Waals surface area (Å²) in [5.41, 5.74) is 2.71. The quantitative estimate of drug-likeness (QED) is 0.230. The van der Waals surface area contributed by atoms with Gasteiger partial charge in [-0.1, -0.05) is 23.4 Å². The summed E-state index contributed by atoms with van der Waals surface area (Å²) in [6, 6.07) is 7.63. The van der Waals surface area contributed by atoms with Crippen LogP contribution in [0.3, 0.4) is 0 Å². The minimum atomic E-state index is -3.70. The summed E-state index contributed by atoms with van der Waals surface area (Å²) < 4.78 is 26.4. The molecule has 8 nitrogen and oxygen atoms in total. The van der Waals surface area contributed by atoms with Crippen molar-refractivity contribution in [3.05, 3.63) is 46.9 Å². The number of thioether (sulfide) groups is 1. The molecule has 2 aromatic rings. The third-order valence-corrected chi connectivity index (χ3v) is 6.26. The number of hydrogen-bond acceptors (Lipinski definition) is 7. The number of aryl methyl sites for hydroxylation is 1. The number of carbonyl (C=O) groups is 1. The summed E-state index contributed by atoms with van der Waals surface area (Å²) in [6.45, 7) is 1.76. The number of nitrogens with zero attached hydrogens (tertiary/aromatic N) is 3. The average Bonchev–Trinajstić information content (AvgIpc) is 2.59. The molecule has 0 saturated carbocycles. The van der Waals surface area contributed by atoms with Gasteiger partial charge in [-0.25, -0.2) is 24.2 Å². The molecule has 140 valence electrons. The number of nitrogens with one attached hydrogen (secondary N) is 1. The monoisotopic (exact) mass is 415 g/mol. The van der Waals surface area contributed by atoms with Crippen LogP contribution in [0, 0.1) is 6.92 Å². The minimum Gasteiger partial charge on any atom is -0.294 e. The number of carbonyl (C=O) groups excluding carboxylic acids is 1. The minimum absolute atomic E-state index is 0.0106. The van der Waals surface area contributed by atoms with Gasteiger partial charge in [0.25, 0.3) is 0 Å². The molecule has 0 spiro atoms. The first-order valence-corrected chi connectivity index (χ1v) is 10.2. The fraction of sp³-hybridized carbons (Fsp3) is 0.267. The Hall–Kier alpha value is -1.72. The molecule has 0 aliphatic rings. The van der Waals surface area contributed by atoms with Gasteiger partial charge in [-0.3, -0.25) is 10.2 Å². The molecule has 3 N–H and O–H groups in total. The SMILES string of the molecule is Cc1cc(SCC(=O)NN)nc(CN(C)S(=O)(=O)c2ccc(Cl)cc2)n1. The molecule has 0 atom stereocenters. The first-order valence-electron chi connectivity index (χ1n) is 7.41. The molecule has 26 heavy (non-hydrogen) atoms. The van der Waals surface area contributed by atoms with Crippen molar-refractivity contribution < 1.29 is 13.2 Å². The van der Waals surface area contributed by atoms with Gasteiger partial charge in [0.15, 0.2) is 0 Å². The topological polar surface area (TPSA) is 118 Å². The zero-order valence-corrected chi connectivity index (χ0v) is 16.5. The lowest BCUT2D eigenvalue weighted by Crippen LogP contribution is -2.31. The number of benzene rings is 1. The Morgan fingerprint density at radius 2 is 1.96 bits per heavy atom. The van der Waals surface area contributed by atoms with E-state index in [-0.39, 0.29) is 23.1 Å². The van der Waals surface area contributed by atoms with E-state index < -0.39 is 10.0 Å². The van der Waals surface area contributed by atoms with Gasteiger partial charge in [0.1, 0.15) is 10.9 Å². The van der Waals surface area contributed by atoms with Crippen LogP contribution in [0.5, 0.6) is 0 Å². The van der Waals surface area contributed by atoms with E-state index >= 15 is 0 Å². The Morgan fingerprint density at radius 3 is 2.58 bits per heavy atom. The molecule has 0 saturated heterocycles. The molecule has 0 bridgehead atoms. The van der Waals surface area contributed by atoms with Crippen molar-refractivity contribution in [1.82, 2.24) is 19.7 Å². The summed E-state index contributed by atoms with van der Waals surface area (Å²) in [5.74, 6) is 5.15. The summed E-state index contributed by atoms with van der Waals surface area (Å²) >= 11 is 6.99. The van der Waals surface area contributed by atoms with Gasteiger partial charge < -0.3 is 0 Å². The number of hydrazine groups is 1. The molecule has 1 heterocycles. The zero-order chi connectivity index (χ0) is 19.3. The smallest absolute Gasteiger partial charge is 0.244 e.